The highest BCUT2D eigenvalue weighted by atomic mass is 19.1. The summed E-state index contributed by atoms with van der Waals surface area (Å²) in [6.45, 7) is 3.10. The van der Waals surface area contributed by atoms with Crippen LogP contribution in [0.1, 0.15) is 19.3 Å². The number of rotatable bonds is 4. The summed E-state index contributed by atoms with van der Waals surface area (Å²) in [5.74, 6) is 0.257. The summed E-state index contributed by atoms with van der Waals surface area (Å²) in [7, 11) is 1.63. The van der Waals surface area contributed by atoms with E-state index in [0.29, 0.717) is 39.1 Å². The fourth-order valence-corrected chi connectivity index (χ4v) is 3.72. The van der Waals surface area contributed by atoms with E-state index in [2.05, 4.69) is 0 Å². The maximum atomic E-state index is 12.9. The number of amides is 2. The van der Waals surface area contributed by atoms with Crippen LogP contribution in [0.4, 0.5) is 4.39 Å². The largest absolute Gasteiger partial charge is 0.383 e. The third-order valence-corrected chi connectivity index (χ3v) is 5.15. The third-order valence-electron chi connectivity index (χ3n) is 5.15. The molecule has 2 saturated heterocycles. The minimum atomic E-state index is -0.810. The van der Waals surface area contributed by atoms with Crippen LogP contribution in [-0.2, 0) is 14.3 Å². The Hall–Kier alpha value is -1.17. The summed E-state index contributed by atoms with van der Waals surface area (Å²) in [6.07, 6.45) is 0.854. The van der Waals surface area contributed by atoms with E-state index >= 15 is 0 Å². The van der Waals surface area contributed by atoms with Crippen LogP contribution in [0.5, 0.6) is 0 Å². The number of alkyl halides is 1. The van der Waals surface area contributed by atoms with Gasteiger partial charge in [-0.05, 0) is 25.2 Å². The van der Waals surface area contributed by atoms with Gasteiger partial charge in [0.15, 0.2) is 0 Å². The molecule has 1 aliphatic carbocycles. The van der Waals surface area contributed by atoms with Gasteiger partial charge in [0.1, 0.15) is 6.17 Å². The van der Waals surface area contributed by atoms with Crippen LogP contribution in [0.25, 0.3) is 0 Å². The topological polar surface area (TPSA) is 49.9 Å². The highest BCUT2D eigenvalue weighted by Gasteiger charge is 2.46. The summed E-state index contributed by atoms with van der Waals surface area (Å²) in [4.78, 5) is 28.4. The summed E-state index contributed by atoms with van der Waals surface area (Å²) >= 11 is 0. The van der Waals surface area contributed by atoms with Crippen LogP contribution in [0.15, 0.2) is 0 Å². The van der Waals surface area contributed by atoms with Gasteiger partial charge in [-0.25, -0.2) is 4.39 Å². The number of piperidine rings is 1. The maximum absolute atomic E-state index is 12.9. The number of nitrogens with zero attached hydrogens (tertiary/aromatic N) is 2. The van der Waals surface area contributed by atoms with Crippen molar-refractivity contribution in [2.24, 2.45) is 17.8 Å². The number of likely N-dealkylation sites (tertiary alicyclic amines) is 2. The predicted molar refractivity (Wildman–Crippen MR) is 74.3 cm³/mol. The molecule has 0 spiro atoms. The Kier molecular flexibility index (Phi) is 4.15. The second kappa shape index (κ2) is 5.91. The number of methoxy groups -OCH3 is 1. The highest BCUT2D eigenvalue weighted by Crippen LogP contribution is 2.36. The molecule has 118 valence electrons. The zero-order chi connectivity index (χ0) is 15.0. The first-order chi connectivity index (χ1) is 10.1. The Morgan fingerprint density at radius 1 is 1.38 bits per heavy atom. The molecular weight excluding hydrogens is 275 g/mol. The zero-order valence-electron chi connectivity index (χ0n) is 12.5. The number of fused-ring (bicyclic) bond motifs is 1. The third kappa shape index (κ3) is 2.78. The Labute approximate surface area is 124 Å². The number of halogens is 1. The number of ether oxygens (including phenoxy) is 1. The Morgan fingerprint density at radius 3 is 2.81 bits per heavy atom. The van der Waals surface area contributed by atoms with Crippen LogP contribution in [0.3, 0.4) is 0 Å². The monoisotopic (exact) mass is 298 g/mol. The van der Waals surface area contributed by atoms with E-state index in [9.17, 15) is 14.0 Å². The molecule has 0 aromatic carbocycles. The number of hydrogen-bond donors (Lipinski definition) is 0. The van der Waals surface area contributed by atoms with Crippen molar-refractivity contribution in [3.63, 3.8) is 0 Å². The molecule has 0 bridgehead atoms. The van der Waals surface area contributed by atoms with Crippen molar-refractivity contribution in [1.82, 2.24) is 9.80 Å². The Balaban J connectivity index is 1.57. The molecule has 1 saturated carbocycles. The van der Waals surface area contributed by atoms with Crippen molar-refractivity contribution in [3.8, 4) is 0 Å². The fourth-order valence-electron chi connectivity index (χ4n) is 3.72. The van der Waals surface area contributed by atoms with Gasteiger partial charge in [0, 0.05) is 39.2 Å². The minimum Gasteiger partial charge on any atom is -0.383 e. The van der Waals surface area contributed by atoms with E-state index in [0.717, 1.165) is 13.0 Å². The first kappa shape index (κ1) is 14.8. The lowest BCUT2D eigenvalue weighted by molar-refractivity contribution is -0.141. The van der Waals surface area contributed by atoms with Crippen molar-refractivity contribution in [1.29, 1.82) is 0 Å². The lowest BCUT2D eigenvalue weighted by atomic mass is 9.82. The lowest BCUT2D eigenvalue weighted by Crippen LogP contribution is -2.46. The normalized spacial score (nSPS) is 35.6. The molecule has 6 heteroatoms. The molecule has 0 unspecified atom stereocenters. The van der Waals surface area contributed by atoms with Gasteiger partial charge >= 0.3 is 0 Å². The Morgan fingerprint density at radius 2 is 2.14 bits per heavy atom. The lowest BCUT2D eigenvalue weighted by Gasteiger charge is -2.33. The van der Waals surface area contributed by atoms with E-state index in [-0.39, 0.29) is 29.6 Å². The second-order valence-corrected chi connectivity index (χ2v) is 6.48. The van der Waals surface area contributed by atoms with E-state index < -0.39 is 6.17 Å². The van der Waals surface area contributed by atoms with Gasteiger partial charge in [0.25, 0.3) is 0 Å². The molecule has 3 rings (SSSR count). The molecule has 0 aromatic heterocycles. The van der Waals surface area contributed by atoms with Crippen molar-refractivity contribution in [2.75, 3.05) is 39.9 Å². The van der Waals surface area contributed by atoms with Crippen molar-refractivity contribution in [2.45, 2.75) is 25.4 Å². The first-order valence-electron chi connectivity index (χ1n) is 7.80. The number of carbonyl (C=O) groups excluding carboxylic acids is 2. The van der Waals surface area contributed by atoms with Gasteiger partial charge in [0.05, 0.1) is 12.5 Å². The molecule has 2 amide bonds. The van der Waals surface area contributed by atoms with E-state index in [1.54, 1.807) is 12.0 Å². The molecule has 0 aromatic rings. The molecule has 0 N–H and O–H groups in total. The maximum Gasteiger partial charge on any atom is 0.227 e. The molecule has 5 nitrogen and oxygen atoms in total. The van der Waals surface area contributed by atoms with Crippen LogP contribution in [0.2, 0.25) is 0 Å². The van der Waals surface area contributed by atoms with Crippen LogP contribution in [0, 0.1) is 17.8 Å². The Bertz CT molecular complexity index is 425. The average Bonchev–Trinajstić information content (AvgIpc) is 2.87. The molecule has 3 aliphatic rings. The molecule has 3 fully saturated rings. The standard InChI is InChI=1S/C15H23FN2O3/c1-21-5-4-17-3-2-10-8-18(9-13(10)15(17)20)14(19)11-6-12(16)7-11/h10-13H,2-9H2,1H3/t10-,11?,12?,13-/m0/s1. The van der Waals surface area contributed by atoms with Crippen LogP contribution >= 0.6 is 0 Å². The van der Waals surface area contributed by atoms with Gasteiger partial charge in [-0.3, -0.25) is 9.59 Å². The molecule has 2 atom stereocenters. The summed E-state index contributed by atoms with van der Waals surface area (Å²) < 4.78 is 17.9. The van der Waals surface area contributed by atoms with Crippen LogP contribution in [-0.4, -0.2) is 67.7 Å². The summed E-state index contributed by atoms with van der Waals surface area (Å²) in [6, 6.07) is 0. The number of carbonyl (C=O) groups is 2. The molecule has 21 heavy (non-hydrogen) atoms. The molecule has 0 radical (unpaired) electrons. The minimum absolute atomic E-state index is 0.0505. The SMILES string of the molecule is COCCN1CC[C@H]2CN(C(=O)C3CC(F)C3)C[C@@H]2C1=O. The van der Waals surface area contributed by atoms with Crippen molar-refractivity contribution >= 4 is 11.8 Å². The number of hydrogen-bond acceptors (Lipinski definition) is 3. The summed E-state index contributed by atoms with van der Waals surface area (Å²) in [5, 5.41) is 0. The molecular formula is C15H23FN2O3. The van der Waals surface area contributed by atoms with Crippen molar-refractivity contribution in [3.05, 3.63) is 0 Å². The predicted octanol–water partition coefficient (Wildman–Crippen LogP) is 0.688. The van der Waals surface area contributed by atoms with E-state index in [1.807, 2.05) is 4.90 Å². The molecule has 2 aliphatic heterocycles. The first-order valence-corrected chi connectivity index (χ1v) is 7.80. The fraction of sp³-hybridized carbons (Fsp3) is 0.867. The van der Waals surface area contributed by atoms with Gasteiger partial charge in [-0.1, -0.05) is 0 Å². The quantitative estimate of drug-likeness (QED) is 0.767. The van der Waals surface area contributed by atoms with Gasteiger partial charge in [-0.15, -0.1) is 0 Å². The summed E-state index contributed by atoms with van der Waals surface area (Å²) in [5.41, 5.74) is 0. The zero-order valence-corrected chi connectivity index (χ0v) is 12.5. The molecule has 2 heterocycles. The van der Waals surface area contributed by atoms with Crippen molar-refractivity contribution < 1.29 is 18.7 Å². The second-order valence-electron chi connectivity index (χ2n) is 6.48. The van der Waals surface area contributed by atoms with Gasteiger partial charge in [0.2, 0.25) is 11.8 Å². The van der Waals surface area contributed by atoms with Gasteiger partial charge < -0.3 is 14.5 Å². The average molecular weight is 298 g/mol. The smallest absolute Gasteiger partial charge is 0.227 e. The van der Waals surface area contributed by atoms with E-state index in [4.69, 9.17) is 4.74 Å². The van der Waals surface area contributed by atoms with E-state index in [1.165, 1.54) is 0 Å². The van der Waals surface area contributed by atoms with Crippen LogP contribution < -0.4 is 0 Å². The highest BCUT2D eigenvalue weighted by molar-refractivity contribution is 5.84. The van der Waals surface area contributed by atoms with Gasteiger partial charge in [-0.2, -0.15) is 0 Å².